The molecule has 0 aliphatic rings. The van der Waals surface area contributed by atoms with Gasteiger partial charge in [-0.2, -0.15) is 0 Å². The van der Waals surface area contributed by atoms with Gasteiger partial charge in [-0.1, -0.05) is 20.3 Å². The maximum absolute atomic E-state index is 6.05. The summed E-state index contributed by atoms with van der Waals surface area (Å²) in [5, 5.41) is 10.7. The van der Waals surface area contributed by atoms with Crippen LogP contribution in [0.1, 0.15) is 52.4 Å². The highest BCUT2D eigenvalue weighted by atomic mass is 15.0. The average Bonchev–Trinajstić information content (AvgIpc) is 2.58. The second kappa shape index (κ2) is 17.6. The van der Waals surface area contributed by atoms with Gasteiger partial charge in [0.2, 0.25) is 0 Å². The summed E-state index contributed by atoms with van der Waals surface area (Å²) in [5.74, 6) is 0.586. The molecule has 0 aromatic heterocycles. The molecule has 0 bridgehead atoms. The zero-order chi connectivity index (χ0) is 18.0. The van der Waals surface area contributed by atoms with Crippen molar-refractivity contribution in [1.82, 2.24) is 16.0 Å². The van der Waals surface area contributed by atoms with Gasteiger partial charge in [0.05, 0.1) is 0 Å². The Morgan fingerprint density at radius 3 is 2.21 bits per heavy atom. The monoisotopic (exact) mass is 344 g/mol. The third-order valence-electron chi connectivity index (χ3n) is 4.29. The summed E-state index contributed by atoms with van der Waals surface area (Å²) in [6, 6.07) is 0.730. The minimum absolute atomic E-state index is 0.216. The molecule has 0 saturated carbocycles. The average molecular weight is 345 g/mol. The summed E-state index contributed by atoms with van der Waals surface area (Å²) in [4.78, 5) is 0. The minimum atomic E-state index is 0.216. The summed E-state index contributed by atoms with van der Waals surface area (Å²) >= 11 is 0. The van der Waals surface area contributed by atoms with E-state index in [0.29, 0.717) is 12.0 Å². The fourth-order valence-electron chi connectivity index (χ4n) is 2.66. The first-order valence-corrected chi connectivity index (χ1v) is 9.94. The summed E-state index contributed by atoms with van der Waals surface area (Å²) in [6.45, 7) is 11.0. The number of rotatable bonds is 18. The van der Waals surface area contributed by atoms with Gasteiger partial charge in [0, 0.05) is 25.2 Å². The van der Waals surface area contributed by atoms with Crippen LogP contribution in [0.2, 0.25) is 0 Å². The lowest BCUT2D eigenvalue weighted by Crippen LogP contribution is -2.43. The lowest BCUT2D eigenvalue weighted by molar-refractivity contribution is 0.388. The van der Waals surface area contributed by atoms with Gasteiger partial charge in [-0.05, 0) is 70.7 Å². The first-order chi connectivity index (χ1) is 11.6. The molecule has 0 radical (unpaired) electrons. The predicted molar refractivity (Wildman–Crippen MR) is 106 cm³/mol. The minimum Gasteiger partial charge on any atom is -0.330 e. The molecule has 6 nitrogen and oxygen atoms in total. The summed E-state index contributed by atoms with van der Waals surface area (Å²) in [6.07, 6.45) is 6.71. The Morgan fingerprint density at radius 1 is 0.833 bits per heavy atom. The lowest BCUT2D eigenvalue weighted by Gasteiger charge is -2.22. The standard InChI is InChI=1S/C18H44N6/c1-3-4-11-22-15-18(8-6-10-20)24-13-16(2)12-23-14-17(21)7-5-9-19/h16-18,22-24H,3-15,19-21H2,1-2H3/t16?,17-,18-/m0/s1. The largest absolute Gasteiger partial charge is 0.330 e. The van der Waals surface area contributed by atoms with Crippen LogP contribution in [-0.4, -0.2) is 57.9 Å². The Morgan fingerprint density at radius 2 is 1.54 bits per heavy atom. The number of unbranched alkanes of at least 4 members (excludes halogenated alkanes) is 1. The van der Waals surface area contributed by atoms with Crippen LogP contribution in [0.3, 0.4) is 0 Å². The lowest BCUT2D eigenvalue weighted by atomic mass is 10.1. The van der Waals surface area contributed by atoms with Gasteiger partial charge >= 0.3 is 0 Å². The molecule has 0 aromatic carbocycles. The Labute approximate surface area is 150 Å². The summed E-state index contributed by atoms with van der Waals surface area (Å²) in [5.41, 5.74) is 17.2. The fraction of sp³-hybridized carbons (Fsp3) is 1.00. The zero-order valence-electron chi connectivity index (χ0n) is 16.2. The molecule has 0 aromatic rings. The van der Waals surface area contributed by atoms with Gasteiger partial charge in [-0.15, -0.1) is 0 Å². The third-order valence-corrected chi connectivity index (χ3v) is 4.29. The summed E-state index contributed by atoms with van der Waals surface area (Å²) in [7, 11) is 0. The molecule has 0 heterocycles. The van der Waals surface area contributed by atoms with Crippen LogP contribution in [0.25, 0.3) is 0 Å². The molecule has 24 heavy (non-hydrogen) atoms. The Bertz CT molecular complexity index is 252. The summed E-state index contributed by atoms with van der Waals surface area (Å²) < 4.78 is 0. The molecule has 0 aliphatic heterocycles. The second-order valence-electron chi connectivity index (χ2n) is 7.05. The molecule has 0 aliphatic carbocycles. The van der Waals surface area contributed by atoms with E-state index < -0.39 is 0 Å². The smallest absolute Gasteiger partial charge is 0.0193 e. The van der Waals surface area contributed by atoms with Gasteiger partial charge in [-0.25, -0.2) is 0 Å². The van der Waals surface area contributed by atoms with E-state index in [0.717, 1.165) is 71.5 Å². The topological polar surface area (TPSA) is 114 Å². The highest BCUT2D eigenvalue weighted by Gasteiger charge is 2.10. The fourth-order valence-corrected chi connectivity index (χ4v) is 2.66. The first kappa shape index (κ1) is 23.8. The van der Waals surface area contributed by atoms with Crippen LogP contribution >= 0.6 is 0 Å². The number of hydrogen-bond acceptors (Lipinski definition) is 6. The second-order valence-corrected chi connectivity index (χ2v) is 7.05. The van der Waals surface area contributed by atoms with E-state index in [1.165, 1.54) is 12.8 Å². The van der Waals surface area contributed by atoms with Crippen LogP contribution in [0.15, 0.2) is 0 Å². The molecule has 0 saturated heterocycles. The van der Waals surface area contributed by atoms with Crippen molar-refractivity contribution in [1.29, 1.82) is 0 Å². The van der Waals surface area contributed by atoms with E-state index in [4.69, 9.17) is 17.2 Å². The quantitative estimate of drug-likeness (QED) is 0.200. The van der Waals surface area contributed by atoms with Crippen LogP contribution < -0.4 is 33.2 Å². The van der Waals surface area contributed by atoms with Gasteiger partial charge in [0.25, 0.3) is 0 Å². The van der Waals surface area contributed by atoms with Gasteiger partial charge < -0.3 is 33.2 Å². The number of nitrogens with one attached hydrogen (secondary N) is 3. The SMILES string of the molecule is CCCCNC[C@H](CCCN)NCC(C)CNC[C@@H](N)CCCN. The highest BCUT2D eigenvalue weighted by molar-refractivity contribution is 4.73. The van der Waals surface area contributed by atoms with Crippen molar-refractivity contribution in [3.05, 3.63) is 0 Å². The Kier molecular flexibility index (Phi) is 17.4. The van der Waals surface area contributed by atoms with E-state index in [-0.39, 0.29) is 6.04 Å². The molecule has 0 amide bonds. The van der Waals surface area contributed by atoms with E-state index in [1.807, 2.05) is 0 Å². The molecule has 9 N–H and O–H groups in total. The molecular weight excluding hydrogens is 300 g/mol. The van der Waals surface area contributed by atoms with Crippen LogP contribution in [0.4, 0.5) is 0 Å². The molecule has 6 heteroatoms. The molecular formula is C18H44N6. The van der Waals surface area contributed by atoms with Crippen molar-refractivity contribution < 1.29 is 0 Å². The van der Waals surface area contributed by atoms with Crippen molar-refractivity contribution in [2.45, 2.75) is 64.5 Å². The number of hydrogen-bond donors (Lipinski definition) is 6. The van der Waals surface area contributed by atoms with Crippen molar-refractivity contribution >= 4 is 0 Å². The van der Waals surface area contributed by atoms with Gasteiger partial charge in [-0.3, -0.25) is 0 Å². The van der Waals surface area contributed by atoms with Gasteiger partial charge in [0.1, 0.15) is 0 Å². The van der Waals surface area contributed by atoms with Crippen molar-refractivity contribution in [2.75, 3.05) is 45.8 Å². The number of nitrogens with two attached hydrogens (primary N) is 3. The van der Waals surface area contributed by atoms with E-state index >= 15 is 0 Å². The van der Waals surface area contributed by atoms with Crippen LogP contribution in [-0.2, 0) is 0 Å². The first-order valence-electron chi connectivity index (χ1n) is 9.94. The molecule has 146 valence electrons. The maximum atomic E-state index is 6.05. The van der Waals surface area contributed by atoms with Crippen LogP contribution in [0, 0.1) is 5.92 Å². The molecule has 1 unspecified atom stereocenters. The molecule has 3 atom stereocenters. The van der Waals surface area contributed by atoms with Gasteiger partial charge in [0.15, 0.2) is 0 Å². The molecule has 0 fully saturated rings. The molecule has 0 rings (SSSR count). The van der Waals surface area contributed by atoms with E-state index in [9.17, 15) is 0 Å². The van der Waals surface area contributed by atoms with Crippen molar-refractivity contribution in [3.63, 3.8) is 0 Å². The zero-order valence-corrected chi connectivity index (χ0v) is 16.2. The Balaban J connectivity index is 3.82. The maximum Gasteiger partial charge on any atom is 0.0193 e. The van der Waals surface area contributed by atoms with Crippen molar-refractivity contribution in [3.8, 4) is 0 Å². The van der Waals surface area contributed by atoms with Crippen LogP contribution in [0.5, 0.6) is 0 Å². The normalized spacial score (nSPS) is 15.4. The molecule has 0 spiro atoms. The third kappa shape index (κ3) is 15.3. The van der Waals surface area contributed by atoms with E-state index in [2.05, 4.69) is 29.8 Å². The van der Waals surface area contributed by atoms with E-state index in [1.54, 1.807) is 0 Å². The van der Waals surface area contributed by atoms with Crippen molar-refractivity contribution in [2.24, 2.45) is 23.1 Å². The Hall–Kier alpha value is -0.240. The predicted octanol–water partition coefficient (Wildman–Crippen LogP) is 0.365. The highest BCUT2D eigenvalue weighted by Crippen LogP contribution is 1.99.